The van der Waals surface area contributed by atoms with E-state index >= 15 is 4.39 Å². The number of nitrogens with zero attached hydrogens (tertiary/aromatic N) is 2. The van der Waals surface area contributed by atoms with Crippen molar-refractivity contribution in [3.05, 3.63) is 87.4 Å². The predicted molar refractivity (Wildman–Crippen MR) is 118 cm³/mol. The lowest BCUT2D eigenvalue weighted by Gasteiger charge is -2.32. The third kappa shape index (κ3) is 4.27. The van der Waals surface area contributed by atoms with Crippen molar-refractivity contribution < 1.29 is 8.78 Å². The maximum Gasteiger partial charge on any atom is 0.145 e. The van der Waals surface area contributed by atoms with Gasteiger partial charge in [0.05, 0.1) is 18.0 Å². The molecular formula is C24H25ClF2N2. The fraction of sp³-hybridized carbons (Fsp3) is 0.292. The lowest BCUT2D eigenvalue weighted by Crippen LogP contribution is -2.32. The first-order valence-electron chi connectivity index (χ1n) is 9.50. The van der Waals surface area contributed by atoms with E-state index in [0.29, 0.717) is 28.5 Å². The molecule has 0 bridgehead atoms. The summed E-state index contributed by atoms with van der Waals surface area (Å²) in [5.41, 5.74) is 3.40. The van der Waals surface area contributed by atoms with Crippen LogP contribution in [-0.2, 0) is 0 Å². The number of benzene rings is 2. The largest absolute Gasteiger partial charge is 0.345 e. The summed E-state index contributed by atoms with van der Waals surface area (Å²) in [6, 6.07) is 13.9. The molecule has 0 unspecified atom stereocenters. The average molecular weight is 415 g/mol. The summed E-state index contributed by atoms with van der Waals surface area (Å²) in [6.45, 7) is 7.28. The van der Waals surface area contributed by atoms with Gasteiger partial charge in [-0.05, 0) is 74.7 Å². The Morgan fingerprint density at radius 2 is 1.83 bits per heavy atom. The summed E-state index contributed by atoms with van der Waals surface area (Å²) in [4.78, 5) is 6.39. The van der Waals surface area contributed by atoms with E-state index in [1.165, 1.54) is 19.9 Å². The van der Waals surface area contributed by atoms with Crippen LogP contribution in [0.15, 0.2) is 75.9 Å². The second-order valence-corrected chi connectivity index (χ2v) is 8.17. The smallest absolute Gasteiger partial charge is 0.145 e. The Balaban J connectivity index is 2.10. The molecule has 0 N–H and O–H groups in total. The van der Waals surface area contributed by atoms with E-state index < -0.39 is 5.67 Å². The molecule has 0 aromatic heterocycles. The number of alkyl halides is 1. The first-order valence-corrected chi connectivity index (χ1v) is 9.88. The number of rotatable bonds is 5. The van der Waals surface area contributed by atoms with Crippen molar-refractivity contribution in [2.75, 3.05) is 18.5 Å². The highest BCUT2D eigenvalue weighted by atomic mass is 35.5. The van der Waals surface area contributed by atoms with Gasteiger partial charge >= 0.3 is 0 Å². The van der Waals surface area contributed by atoms with Crippen molar-refractivity contribution >= 4 is 23.0 Å². The Kier molecular flexibility index (Phi) is 5.95. The third-order valence-corrected chi connectivity index (χ3v) is 5.47. The van der Waals surface area contributed by atoms with Crippen LogP contribution >= 0.6 is 11.6 Å². The molecule has 0 spiro atoms. The van der Waals surface area contributed by atoms with E-state index in [2.05, 4.69) is 4.99 Å². The standard InChI is InChI=1S/C24H25ClF2N2/c1-15-20(14-28-22(15)19-11-6-7-12-21(19)26)16(2)23(24(3,4)27)29(5)18-10-8-9-17(25)13-18/h6-13H,14H2,1-5H3/b23-16+. The number of allylic oxidation sites excluding steroid dienone is 2. The van der Waals surface area contributed by atoms with Crippen LogP contribution < -0.4 is 4.90 Å². The van der Waals surface area contributed by atoms with E-state index in [4.69, 9.17) is 11.6 Å². The number of aliphatic imine (C=N–C) groups is 1. The zero-order valence-corrected chi connectivity index (χ0v) is 18.1. The third-order valence-electron chi connectivity index (χ3n) is 5.23. The number of hydrogen-bond donors (Lipinski definition) is 0. The van der Waals surface area contributed by atoms with Gasteiger partial charge in [-0.25, -0.2) is 8.78 Å². The van der Waals surface area contributed by atoms with Crippen LogP contribution in [0, 0.1) is 5.82 Å². The van der Waals surface area contributed by atoms with Gasteiger partial charge in [0.1, 0.15) is 11.5 Å². The fourth-order valence-corrected chi connectivity index (χ4v) is 4.12. The SMILES string of the molecule is CC1=C(/C(C)=C(/N(C)c2cccc(Cl)c2)C(C)(C)F)CN=C1c1ccccc1F. The van der Waals surface area contributed by atoms with Crippen molar-refractivity contribution in [2.24, 2.45) is 4.99 Å². The molecule has 1 aliphatic rings. The van der Waals surface area contributed by atoms with Gasteiger partial charge in [0.15, 0.2) is 0 Å². The van der Waals surface area contributed by atoms with Crippen LogP contribution in [-0.4, -0.2) is 25.0 Å². The van der Waals surface area contributed by atoms with Gasteiger partial charge in [0.25, 0.3) is 0 Å². The van der Waals surface area contributed by atoms with Crippen LogP contribution in [0.5, 0.6) is 0 Å². The molecule has 152 valence electrons. The van der Waals surface area contributed by atoms with Gasteiger partial charge in [0, 0.05) is 23.3 Å². The second-order valence-electron chi connectivity index (χ2n) is 7.73. The molecule has 0 saturated heterocycles. The summed E-state index contributed by atoms with van der Waals surface area (Å²) >= 11 is 6.14. The molecule has 0 aliphatic carbocycles. The van der Waals surface area contributed by atoms with Gasteiger partial charge in [-0.2, -0.15) is 0 Å². The van der Waals surface area contributed by atoms with E-state index in [1.54, 1.807) is 30.3 Å². The molecule has 2 aromatic carbocycles. The summed E-state index contributed by atoms with van der Waals surface area (Å²) in [6.07, 6.45) is 0. The molecule has 29 heavy (non-hydrogen) atoms. The molecule has 1 aliphatic heterocycles. The topological polar surface area (TPSA) is 15.6 Å². The summed E-state index contributed by atoms with van der Waals surface area (Å²) in [5.74, 6) is -0.310. The van der Waals surface area contributed by atoms with E-state index in [-0.39, 0.29) is 5.82 Å². The van der Waals surface area contributed by atoms with Gasteiger partial charge in [-0.15, -0.1) is 0 Å². The van der Waals surface area contributed by atoms with Crippen molar-refractivity contribution in [1.82, 2.24) is 0 Å². The fourth-order valence-electron chi connectivity index (χ4n) is 3.93. The van der Waals surface area contributed by atoms with Gasteiger partial charge in [0.2, 0.25) is 0 Å². The first kappa shape index (κ1) is 21.3. The van der Waals surface area contributed by atoms with Crippen molar-refractivity contribution in [3.63, 3.8) is 0 Å². The highest BCUT2D eigenvalue weighted by molar-refractivity contribution is 6.30. The minimum Gasteiger partial charge on any atom is -0.345 e. The van der Waals surface area contributed by atoms with Gasteiger partial charge in [-0.3, -0.25) is 4.99 Å². The van der Waals surface area contributed by atoms with E-state index in [9.17, 15) is 4.39 Å². The highest BCUT2D eigenvalue weighted by Crippen LogP contribution is 2.36. The maximum atomic E-state index is 15.4. The lowest BCUT2D eigenvalue weighted by atomic mass is 9.92. The average Bonchev–Trinajstić information content (AvgIpc) is 3.02. The van der Waals surface area contributed by atoms with Crippen molar-refractivity contribution in [1.29, 1.82) is 0 Å². The lowest BCUT2D eigenvalue weighted by molar-refractivity contribution is 0.262. The Labute approximate surface area is 176 Å². The van der Waals surface area contributed by atoms with Crippen LogP contribution in [0.25, 0.3) is 0 Å². The molecule has 3 rings (SSSR count). The van der Waals surface area contributed by atoms with Gasteiger partial charge in [-0.1, -0.05) is 29.8 Å². The Bertz CT molecular complexity index is 1030. The molecule has 5 heteroatoms. The quantitative estimate of drug-likeness (QED) is 0.527. The highest BCUT2D eigenvalue weighted by Gasteiger charge is 2.31. The summed E-state index contributed by atoms with van der Waals surface area (Å²) in [5, 5.41) is 0.587. The van der Waals surface area contributed by atoms with Crippen LogP contribution in [0.4, 0.5) is 14.5 Å². The van der Waals surface area contributed by atoms with E-state index in [0.717, 1.165) is 22.4 Å². The van der Waals surface area contributed by atoms with Crippen molar-refractivity contribution in [3.8, 4) is 0 Å². The zero-order chi connectivity index (χ0) is 21.3. The molecule has 0 amide bonds. The predicted octanol–water partition coefficient (Wildman–Crippen LogP) is 6.76. The molecule has 2 aromatic rings. The van der Waals surface area contributed by atoms with Gasteiger partial charge < -0.3 is 4.90 Å². The monoisotopic (exact) mass is 414 g/mol. The minimum absolute atomic E-state index is 0.310. The normalized spacial score (nSPS) is 15.4. The number of hydrogen-bond acceptors (Lipinski definition) is 2. The van der Waals surface area contributed by atoms with E-state index in [1.807, 2.05) is 37.9 Å². The Morgan fingerprint density at radius 3 is 2.45 bits per heavy atom. The molecule has 0 radical (unpaired) electrons. The minimum atomic E-state index is -1.60. The molecule has 2 nitrogen and oxygen atoms in total. The molecule has 1 heterocycles. The molecule has 0 atom stereocenters. The maximum absolute atomic E-state index is 15.4. The molecule has 0 saturated carbocycles. The first-order chi connectivity index (χ1) is 13.6. The van der Waals surface area contributed by atoms with Crippen molar-refractivity contribution in [2.45, 2.75) is 33.4 Å². The van der Waals surface area contributed by atoms with Crippen LogP contribution in [0.3, 0.4) is 0 Å². The molecular weight excluding hydrogens is 390 g/mol. The summed E-state index contributed by atoms with van der Waals surface area (Å²) in [7, 11) is 1.83. The van der Waals surface area contributed by atoms with Crippen LogP contribution in [0.2, 0.25) is 5.02 Å². The second kappa shape index (κ2) is 8.11. The zero-order valence-electron chi connectivity index (χ0n) is 17.4. The Hall–Kier alpha value is -2.46. The molecule has 0 fully saturated rings. The Morgan fingerprint density at radius 1 is 1.14 bits per heavy atom. The number of halogens is 3. The summed E-state index contributed by atoms with van der Waals surface area (Å²) < 4.78 is 29.6. The van der Waals surface area contributed by atoms with Crippen LogP contribution in [0.1, 0.15) is 33.3 Å². The number of anilines is 1.